The van der Waals surface area contributed by atoms with E-state index in [-0.39, 0.29) is 57.5 Å². The van der Waals surface area contributed by atoms with Crippen LogP contribution in [-0.2, 0) is 37.0 Å². The number of aryl methyl sites for hydroxylation is 2. The molecule has 2 amide bonds. The number of methoxy groups -OCH3 is 1. The van der Waals surface area contributed by atoms with Crippen molar-refractivity contribution in [3.8, 4) is 17.2 Å². The topological polar surface area (TPSA) is 159 Å². The predicted octanol–water partition coefficient (Wildman–Crippen LogP) is 7.39. The highest BCUT2D eigenvalue weighted by Crippen LogP contribution is 2.36. The zero-order valence-electron chi connectivity index (χ0n) is 36.4. The monoisotopic (exact) mass is 852 g/mol. The number of nitrogens with one attached hydrogen (secondary N) is 1. The number of hydrogen-bond acceptors (Lipinski definition) is 12. The van der Waals surface area contributed by atoms with E-state index in [2.05, 4.69) is 10.8 Å². The molecule has 2 fully saturated rings. The quantitative estimate of drug-likeness (QED) is 0.0496. The van der Waals surface area contributed by atoms with Crippen LogP contribution >= 0.6 is 0 Å². The van der Waals surface area contributed by atoms with Gasteiger partial charge in [0.25, 0.3) is 11.8 Å². The number of likely N-dealkylation sites (tertiary alicyclic amines) is 1. The van der Waals surface area contributed by atoms with Gasteiger partial charge in [0.05, 0.1) is 76.5 Å². The van der Waals surface area contributed by atoms with Gasteiger partial charge in [-0.25, -0.2) is 0 Å². The Balaban J connectivity index is 0.00000748. The maximum atomic E-state index is 13.6. The highest BCUT2D eigenvalue weighted by atomic mass is 16.6. The second kappa shape index (κ2) is 22.3. The molecule has 3 aliphatic heterocycles. The number of allylic oxidation sites excluding steroid dienone is 2. The standard InChI is InChI=1S/C48H58N4O10.H2/c1-6-34-21-39(26-49)51(28-34)47(54)38-8-9-44(32(3)18-38)61-30-36-20-37(24-41(23-36)60-17-16-59-15-14-58-13-12-57-11-10-46(53)56-5)31-62-45-25-43-42(19-33(45)4)48(55)52-29-35(7-2)22-40(52)27-50-43;/h6-9,18-20,23-27,39-40,49H,10-17,21-22,28-31H2,1-5H3;1H/b34-6+,35-7+,49-26?;/t39-,40?;/m0./s1. The van der Waals surface area contributed by atoms with Gasteiger partial charge in [0.1, 0.15) is 37.1 Å². The average Bonchev–Trinajstić information content (AvgIpc) is 3.89. The lowest BCUT2D eigenvalue weighted by atomic mass is 10.1. The van der Waals surface area contributed by atoms with Gasteiger partial charge < -0.3 is 48.4 Å². The maximum Gasteiger partial charge on any atom is 0.307 e. The summed E-state index contributed by atoms with van der Waals surface area (Å²) in [5, 5.41) is 7.84. The van der Waals surface area contributed by atoms with Gasteiger partial charge in [-0.2, -0.15) is 0 Å². The molecule has 0 bridgehead atoms. The summed E-state index contributed by atoms with van der Waals surface area (Å²) in [5.74, 6) is 1.44. The van der Waals surface area contributed by atoms with Crippen molar-refractivity contribution in [2.75, 3.05) is 66.4 Å². The Kier molecular flexibility index (Phi) is 16.4. The summed E-state index contributed by atoms with van der Waals surface area (Å²) < 4.78 is 40.1. The second-order valence-electron chi connectivity index (χ2n) is 15.4. The van der Waals surface area contributed by atoms with Crippen molar-refractivity contribution in [2.45, 2.75) is 72.3 Å². The molecule has 14 nitrogen and oxygen atoms in total. The molecule has 0 saturated carbocycles. The molecular formula is C48H60N4O10. The van der Waals surface area contributed by atoms with Crippen molar-refractivity contribution in [1.29, 1.82) is 5.41 Å². The average molecular weight is 853 g/mol. The highest BCUT2D eigenvalue weighted by molar-refractivity contribution is 6.03. The van der Waals surface area contributed by atoms with Crippen LogP contribution < -0.4 is 14.2 Å². The van der Waals surface area contributed by atoms with Crippen LogP contribution in [0.2, 0.25) is 0 Å². The lowest BCUT2D eigenvalue weighted by Gasteiger charge is -2.21. The number of ether oxygens (including phenoxy) is 7. The number of carbonyl (C=O) groups is 3. The third-order valence-electron chi connectivity index (χ3n) is 11.1. The molecule has 0 spiro atoms. The van der Waals surface area contributed by atoms with Gasteiger partial charge in [0.15, 0.2) is 0 Å². The van der Waals surface area contributed by atoms with Crippen LogP contribution in [0.5, 0.6) is 17.2 Å². The fourth-order valence-corrected chi connectivity index (χ4v) is 7.56. The van der Waals surface area contributed by atoms with Gasteiger partial charge in [-0.1, -0.05) is 23.3 Å². The fraction of sp³-hybridized carbons (Fsp3) is 0.438. The molecule has 6 rings (SSSR count). The Labute approximate surface area is 365 Å². The molecule has 62 heavy (non-hydrogen) atoms. The van der Waals surface area contributed by atoms with E-state index in [1.54, 1.807) is 11.0 Å². The molecular weight excluding hydrogens is 793 g/mol. The van der Waals surface area contributed by atoms with Gasteiger partial charge in [0, 0.05) is 38.6 Å². The number of benzene rings is 3. The summed E-state index contributed by atoms with van der Waals surface area (Å²) in [5.41, 5.74) is 7.44. The van der Waals surface area contributed by atoms with Crippen molar-refractivity contribution >= 4 is 35.9 Å². The SMILES string of the molecule is C/C=C1\CC2C=Nc3cc(OCc4cc(COc5ccc(C(=O)N6C/C(=C/C)C[C@H]6C=N)cc5C)cc(OCCOCCOCCOCCC(=O)OC)c4)c(C)cc3C(=O)N2C1.[HH]. The van der Waals surface area contributed by atoms with Gasteiger partial charge in [-0.3, -0.25) is 19.4 Å². The first-order valence-corrected chi connectivity index (χ1v) is 21.1. The number of nitrogens with zero attached hydrogens (tertiary/aromatic N) is 3. The number of esters is 1. The molecule has 0 aliphatic carbocycles. The van der Waals surface area contributed by atoms with Gasteiger partial charge in [-0.15, -0.1) is 0 Å². The minimum absolute atomic E-state index is 0. The molecule has 3 aromatic rings. The van der Waals surface area contributed by atoms with Crippen LogP contribution in [-0.4, -0.2) is 119 Å². The van der Waals surface area contributed by atoms with Crippen molar-refractivity contribution in [3.63, 3.8) is 0 Å². The molecule has 332 valence electrons. The highest BCUT2D eigenvalue weighted by Gasteiger charge is 2.34. The molecule has 2 saturated heterocycles. The van der Waals surface area contributed by atoms with E-state index < -0.39 is 0 Å². The maximum absolute atomic E-state index is 13.6. The zero-order valence-corrected chi connectivity index (χ0v) is 36.4. The number of hydrogen-bond donors (Lipinski definition) is 1. The molecule has 2 atom stereocenters. The first-order valence-electron chi connectivity index (χ1n) is 21.1. The number of aliphatic imine (C=N–C) groups is 1. The molecule has 1 unspecified atom stereocenters. The van der Waals surface area contributed by atoms with Crippen LogP contribution in [0.4, 0.5) is 5.69 Å². The minimum atomic E-state index is -0.312. The van der Waals surface area contributed by atoms with E-state index in [4.69, 9.17) is 38.8 Å². The number of fused-ring (bicyclic) bond motifs is 2. The summed E-state index contributed by atoms with van der Waals surface area (Å²) in [6, 6.07) is 14.7. The first-order chi connectivity index (χ1) is 30.1. The molecule has 3 aliphatic rings. The molecule has 3 aromatic carbocycles. The third-order valence-corrected chi connectivity index (χ3v) is 11.1. The summed E-state index contributed by atoms with van der Waals surface area (Å²) >= 11 is 0. The van der Waals surface area contributed by atoms with Gasteiger partial charge >= 0.3 is 5.97 Å². The minimum Gasteiger partial charge on any atom is -0.491 e. The fourth-order valence-electron chi connectivity index (χ4n) is 7.56. The lowest BCUT2D eigenvalue weighted by molar-refractivity contribution is -0.141. The van der Waals surface area contributed by atoms with Crippen LogP contribution in [0.25, 0.3) is 0 Å². The Hall–Kier alpha value is -5.83. The van der Waals surface area contributed by atoms with Crippen LogP contribution in [0.15, 0.2) is 76.8 Å². The van der Waals surface area contributed by atoms with Crippen LogP contribution in [0, 0.1) is 19.3 Å². The van der Waals surface area contributed by atoms with Crippen molar-refractivity contribution < 1.29 is 49.0 Å². The van der Waals surface area contributed by atoms with E-state index in [0.717, 1.165) is 34.2 Å². The van der Waals surface area contributed by atoms with Gasteiger partial charge in [-0.05, 0) is 105 Å². The molecule has 0 aromatic heterocycles. The molecule has 1 N–H and O–H groups in total. The Bertz CT molecular complexity index is 2190. The first kappa shape index (κ1) is 45.7. The summed E-state index contributed by atoms with van der Waals surface area (Å²) in [4.78, 5) is 46.5. The van der Waals surface area contributed by atoms with E-state index >= 15 is 0 Å². The van der Waals surface area contributed by atoms with Crippen LogP contribution in [0.3, 0.4) is 0 Å². The largest absolute Gasteiger partial charge is 0.491 e. The Morgan fingerprint density at radius 2 is 1.44 bits per heavy atom. The van der Waals surface area contributed by atoms with E-state index in [1.165, 1.54) is 18.9 Å². The van der Waals surface area contributed by atoms with Crippen molar-refractivity contribution in [3.05, 3.63) is 105 Å². The Morgan fingerprint density at radius 1 is 0.790 bits per heavy atom. The smallest absolute Gasteiger partial charge is 0.307 e. The molecule has 0 radical (unpaired) electrons. The summed E-state index contributed by atoms with van der Waals surface area (Å²) in [6.45, 7) is 11.8. The number of carbonyl (C=O) groups excluding carboxylic acids is 3. The second-order valence-corrected chi connectivity index (χ2v) is 15.4. The third kappa shape index (κ3) is 12.0. The predicted molar refractivity (Wildman–Crippen MR) is 237 cm³/mol. The number of amides is 2. The molecule has 3 heterocycles. The lowest BCUT2D eigenvalue weighted by Crippen LogP contribution is -2.36. The summed E-state index contributed by atoms with van der Waals surface area (Å²) in [7, 11) is 1.35. The van der Waals surface area contributed by atoms with Crippen LogP contribution in [0.1, 0.15) is 77.5 Å². The van der Waals surface area contributed by atoms with E-state index in [9.17, 15) is 14.4 Å². The van der Waals surface area contributed by atoms with Gasteiger partial charge in [0.2, 0.25) is 0 Å². The number of rotatable bonds is 21. The Morgan fingerprint density at radius 3 is 2.10 bits per heavy atom. The van der Waals surface area contributed by atoms with E-state index in [1.807, 2.05) is 87.4 Å². The normalized spacial score (nSPS) is 18.2. The van der Waals surface area contributed by atoms with E-state index in [0.29, 0.717) is 93.2 Å². The van der Waals surface area contributed by atoms with Crippen molar-refractivity contribution in [2.24, 2.45) is 4.99 Å². The zero-order chi connectivity index (χ0) is 44.0. The van der Waals surface area contributed by atoms with Crippen molar-refractivity contribution in [1.82, 2.24) is 9.80 Å². The summed E-state index contributed by atoms with van der Waals surface area (Å²) in [6.07, 6.45) is 8.98. The molecule has 14 heteroatoms.